The third-order valence-electron chi connectivity index (χ3n) is 4.51. The first-order valence-electron chi connectivity index (χ1n) is 9.00. The molecular weight excluding hydrogens is 376 g/mol. The van der Waals surface area contributed by atoms with Crippen LogP contribution in [-0.4, -0.2) is 31.7 Å². The number of aromatic nitrogens is 4. The van der Waals surface area contributed by atoms with Crippen molar-refractivity contribution in [2.75, 3.05) is 6.61 Å². The van der Waals surface area contributed by atoms with Crippen molar-refractivity contribution in [3.8, 4) is 11.3 Å². The monoisotopic (exact) mass is 394 g/mol. The third-order valence-corrected chi connectivity index (χ3v) is 4.76. The summed E-state index contributed by atoms with van der Waals surface area (Å²) in [5.41, 5.74) is 4.82. The van der Waals surface area contributed by atoms with Crippen molar-refractivity contribution in [1.29, 1.82) is 0 Å². The smallest absolute Gasteiger partial charge is 0.358 e. The molecule has 0 amide bonds. The molecule has 0 saturated heterocycles. The highest BCUT2D eigenvalue weighted by atomic mass is 35.5. The van der Waals surface area contributed by atoms with E-state index in [2.05, 4.69) is 5.10 Å². The van der Waals surface area contributed by atoms with E-state index >= 15 is 0 Å². The molecule has 4 rings (SSSR count). The normalized spacial score (nSPS) is 11.1. The van der Waals surface area contributed by atoms with Crippen LogP contribution >= 0.6 is 11.6 Å². The number of benzene rings is 1. The van der Waals surface area contributed by atoms with Crippen LogP contribution in [0, 0.1) is 6.92 Å². The summed E-state index contributed by atoms with van der Waals surface area (Å²) in [6.07, 6.45) is 1.97. The first-order chi connectivity index (χ1) is 13.6. The van der Waals surface area contributed by atoms with Crippen molar-refractivity contribution in [2.45, 2.75) is 20.4 Å². The molecule has 0 fully saturated rings. The molecule has 28 heavy (non-hydrogen) atoms. The highest BCUT2D eigenvalue weighted by molar-refractivity contribution is 6.30. The third kappa shape index (κ3) is 3.39. The Morgan fingerprint density at radius 2 is 1.96 bits per heavy atom. The van der Waals surface area contributed by atoms with Crippen LogP contribution in [0.5, 0.6) is 0 Å². The maximum Gasteiger partial charge on any atom is 0.358 e. The SMILES string of the molecule is CCOC(=O)c1cc(C)n(Cc2c(-c3ccc(Cl)cc3)nc3ccccn23)n1. The number of nitrogens with zero attached hydrogens (tertiary/aromatic N) is 4. The fourth-order valence-corrected chi connectivity index (χ4v) is 3.28. The maximum atomic E-state index is 12.0. The lowest BCUT2D eigenvalue weighted by Gasteiger charge is -2.08. The number of aryl methyl sites for hydroxylation is 1. The van der Waals surface area contributed by atoms with Crippen molar-refractivity contribution >= 4 is 23.2 Å². The minimum Gasteiger partial charge on any atom is -0.461 e. The van der Waals surface area contributed by atoms with E-state index in [0.717, 1.165) is 28.3 Å². The van der Waals surface area contributed by atoms with Gasteiger partial charge in [-0.2, -0.15) is 5.10 Å². The van der Waals surface area contributed by atoms with Gasteiger partial charge in [-0.15, -0.1) is 0 Å². The van der Waals surface area contributed by atoms with Crippen LogP contribution in [0.15, 0.2) is 54.7 Å². The molecule has 7 heteroatoms. The summed E-state index contributed by atoms with van der Waals surface area (Å²) in [4.78, 5) is 16.8. The van der Waals surface area contributed by atoms with E-state index in [4.69, 9.17) is 21.3 Å². The van der Waals surface area contributed by atoms with Gasteiger partial charge in [0.1, 0.15) is 5.65 Å². The predicted molar refractivity (Wildman–Crippen MR) is 108 cm³/mol. The Balaban J connectivity index is 1.79. The fraction of sp³-hybridized carbons (Fsp3) is 0.190. The lowest BCUT2D eigenvalue weighted by molar-refractivity contribution is 0.0518. The molecule has 0 aliphatic carbocycles. The lowest BCUT2D eigenvalue weighted by Crippen LogP contribution is -2.10. The number of imidazole rings is 1. The van der Waals surface area contributed by atoms with Crippen molar-refractivity contribution in [2.24, 2.45) is 0 Å². The molecule has 0 atom stereocenters. The maximum absolute atomic E-state index is 12.0. The summed E-state index contributed by atoms with van der Waals surface area (Å²) in [7, 11) is 0. The number of halogens is 1. The van der Waals surface area contributed by atoms with Crippen LogP contribution in [0.1, 0.15) is 28.8 Å². The van der Waals surface area contributed by atoms with E-state index in [9.17, 15) is 4.79 Å². The number of ether oxygens (including phenoxy) is 1. The number of hydrogen-bond acceptors (Lipinski definition) is 4. The van der Waals surface area contributed by atoms with Gasteiger partial charge in [-0.3, -0.25) is 4.68 Å². The number of carbonyl (C=O) groups excluding carboxylic acids is 1. The predicted octanol–water partition coefficient (Wildman–Crippen LogP) is 4.38. The van der Waals surface area contributed by atoms with Gasteiger partial charge in [0.05, 0.1) is 24.5 Å². The topological polar surface area (TPSA) is 61.4 Å². The number of hydrogen-bond donors (Lipinski definition) is 0. The average Bonchev–Trinajstić information content (AvgIpc) is 3.24. The highest BCUT2D eigenvalue weighted by Crippen LogP contribution is 2.27. The second-order valence-corrected chi connectivity index (χ2v) is 6.83. The standard InChI is InChI=1S/C21H19ClN4O2/c1-3-28-21(27)17-12-14(2)26(24-17)13-18-20(15-7-9-16(22)10-8-15)23-19-6-4-5-11-25(18)19/h4-12H,3,13H2,1-2H3. The molecule has 0 spiro atoms. The Morgan fingerprint density at radius 3 is 2.71 bits per heavy atom. The molecule has 1 aromatic carbocycles. The minimum atomic E-state index is -0.416. The molecule has 0 unspecified atom stereocenters. The summed E-state index contributed by atoms with van der Waals surface area (Å²) in [6, 6.07) is 15.2. The second-order valence-electron chi connectivity index (χ2n) is 6.39. The molecule has 0 saturated carbocycles. The van der Waals surface area contributed by atoms with Crippen molar-refractivity contribution < 1.29 is 9.53 Å². The first kappa shape index (κ1) is 18.3. The Hall–Kier alpha value is -3.12. The Kier molecular flexibility index (Phi) is 4.88. The summed E-state index contributed by atoms with van der Waals surface area (Å²) in [5, 5.41) is 5.12. The van der Waals surface area contributed by atoms with Gasteiger partial charge in [0.25, 0.3) is 0 Å². The Morgan fingerprint density at radius 1 is 1.18 bits per heavy atom. The molecule has 0 aliphatic rings. The van der Waals surface area contributed by atoms with E-state index in [1.54, 1.807) is 17.7 Å². The summed E-state index contributed by atoms with van der Waals surface area (Å²) < 4.78 is 8.89. The van der Waals surface area contributed by atoms with Gasteiger partial charge < -0.3 is 9.14 Å². The Labute approximate surface area is 167 Å². The van der Waals surface area contributed by atoms with Crippen LogP contribution in [0.3, 0.4) is 0 Å². The Bertz CT molecular complexity index is 1150. The van der Waals surface area contributed by atoms with Crippen LogP contribution in [0.25, 0.3) is 16.9 Å². The van der Waals surface area contributed by atoms with E-state index in [1.807, 2.05) is 60.0 Å². The van der Waals surface area contributed by atoms with Crippen molar-refractivity contribution in [3.63, 3.8) is 0 Å². The quantitative estimate of drug-likeness (QED) is 0.471. The molecule has 3 heterocycles. The van der Waals surface area contributed by atoms with Gasteiger partial charge in [-0.1, -0.05) is 29.8 Å². The van der Waals surface area contributed by atoms with Crippen molar-refractivity contribution in [1.82, 2.24) is 19.2 Å². The number of pyridine rings is 1. The largest absolute Gasteiger partial charge is 0.461 e. The van der Waals surface area contributed by atoms with E-state index < -0.39 is 5.97 Å². The number of rotatable bonds is 5. The fourth-order valence-electron chi connectivity index (χ4n) is 3.15. The van der Waals surface area contributed by atoms with Gasteiger partial charge in [0.2, 0.25) is 0 Å². The van der Waals surface area contributed by atoms with Gasteiger partial charge in [0.15, 0.2) is 5.69 Å². The summed E-state index contributed by atoms with van der Waals surface area (Å²) in [6.45, 7) is 4.48. The number of carbonyl (C=O) groups is 1. The van der Waals surface area contributed by atoms with Gasteiger partial charge in [-0.05, 0) is 44.2 Å². The van der Waals surface area contributed by atoms with Crippen LogP contribution in [0.4, 0.5) is 0 Å². The van der Waals surface area contributed by atoms with Crippen molar-refractivity contribution in [3.05, 3.63) is 76.8 Å². The molecule has 142 valence electrons. The van der Waals surface area contributed by atoms with E-state index in [0.29, 0.717) is 23.9 Å². The zero-order valence-electron chi connectivity index (χ0n) is 15.6. The summed E-state index contributed by atoms with van der Waals surface area (Å²) >= 11 is 6.04. The number of esters is 1. The molecule has 6 nitrogen and oxygen atoms in total. The number of fused-ring (bicyclic) bond motifs is 1. The highest BCUT2D eigenvalue weighted by Gasteiger charge is 2.18. The van der Waals surface area contributed by atoms with Gasteiger partial charge in [-0.25, -0.2) is 9.78 Å². The van der Waals surface area contributed by atoms with Crippen LogP contribution in [0.2, 0.25) is 5.02 Å². The molecular formula is C21H19ClN4O2. The van der Waals surface area contributed by atoms with Crippen LogP contribution in [-0.2, 0) is 11.3 Å². The molecule has 0 aliphatic heterocycles. The molecule has 0 radical (unpaired) electrons. The van der Waals surface area contributed by atoms with Crippen LogP contribution < -0.4 is 0 Å². The zero-order valence-corrected chi connectivity index (χ0v) is 16.3. The molecule has 4 aromatic rings. The van der Waals surface area contributed by atoms with Gasteiger partial charge in [0, 0.05) is 22.5 Å². The second kappa shape index (κ2) is 7.48. The molecule has 0 N–H and O–H groups in total. The average molecular weight is 395 g/mol. The minimum absolute atomic E-state index is 0.307. The van der Waals surface area contributed by atoms with E-state index in [1.165, 1.54) is 0 Å². The zero-order chi connectivity index (χ0) is 19.7. The lowest BCUT2D eigenvalue weighted by atomic mass is 10.1. The van der Waals surface area contributed by atoms with E-state index in [-0.39, 0.29) is 0 Å². The molecule has 0 bridgehead atoms. The van der Waals surface area contributed by atoms with Gasteiger partial charge >= 0.3 is 5.97 Å². The first-order valence-corrected chi connectivity index (χ1v) is 9.38. The summed E-state index contributed by atoms with van der Waals surface area (Å²) in [5.74, 6) is -0.416. The molecule has 3 aromatic heterocycles.